The molecule has 1 aliphatic rings. The van der Waals surface area contributed by atoms with E-state index in [1.165, 1.54) is 16.7 Å². The van der Waals surface area contributed by atoms with Crippen LogP contribution < -0.4 is 0 Å². The lowest BCUT2D eigenvalue weighted by molar-refractivity contribution is 0.572. The number of aromatic nitrogens is 1. The summed E-state index contributed by atoms with van der Waals surface area (Å²) in [4.78, 5) is 8.51. The van der Waals surface area contributed by atoms with Crippen molar-refractivity contribution in [1.82, 2.24) is 4.98 Å². The van der Waals surface area contributed by atoms with E-state index >= 15 is 0 Å². The largest absolute Gasteiger partial charge is 0.445 e. The van der Waals surface area contributed by atoms with E-state index in [2.05, 4.69) is 94.0 Å². The molecule has 4 rings (SSSR count). The zero-order valence-corrected chi connectivity index (χ0v) is 18.9. The van der Waals surface area contributed by atoms with Crippen molar-refractivity contribution in [3.05, 3.63) is 83.8 Å². The molecule has 0 saturated carbocycles. The Kier molecular flexibility index (Phi) is 7.78. The molecule has 0 unspecified atom stereocenters. The first-order chi connectivity index (χ1) is 14.1. The third-order valence-electron chi connectivity index (χ3n) is 5.08. The molecule has 0 radical (unpaired) electrons. The molecule has 0 saturated heterocycles. The minimum atomic E-state index is 0. The zero-order chi connectivity index (χ0) is 21.8. The van der Waals surface area contributed by atoms with E-state index in [0.29, 0.717) is 5.89 Å². The molecule has 164 valence electrons. The number of benzene rings is 2. The predicted molar refractivity (Wildman–Crippen MR) is 134 cm³/mol. The lowest BCUT2D eigenvalue weighted by Gasteiger charge is -2.19. The zero-order valence-electron chi connectivity index (χ0n) is 18.9. The second-order valence-electron chi connectivity index (χ2n) is 9.64. The van der Waals surface area contributed by atoms with Crippen LogP contribution in [0.25, 0.3) is 17.2 Å². The standard InChI is InChI=1S/C14H17N.C13H15NO.CH4/c1-14(2,3)12-7-4-6-11(10-12)13-8-5-9-15-13;1-13(2,3)11-6-4-5-10(9-11)12-14-7-8-15-12;/h4,6-10H,5H2,1-3H3;4-9H,1-3H3;1H4. The summed E-state index contributed by atoms with van der Waals surface area (Å²) < 4.78 is 5.28. The van der Waals surface area contributed by atoms with Crippen molar-refractivity contribution in [1.29, 1.82) is 0 Å². The SMILES string of the molecule is C.CC(C)(C)c1cccc(-c2ncco2)c1.CC(C)(C)c1cccc(C2=CCC=N2)c1. The van der Waals surface area contributed by atoms with Gasteiger partial charge in [-0.2, -0.15) is 0 Å². The molecular weight excluding hydrogens is 380 g/mol. The summed E-state index contributed by atoms with van der Waals surface area (Å²) >= 11 is 0. The van der Waals surface area contributed by atoms with Crippen LogP contribution in [0, 0.1) is 0 Å². The second kappa shape index (κ2) is 9.91. The molecule has 3 aromatic rings. The lowest BCUT2D eigenvalue weighted by atomic mass is 9.86. The van der Waals surface area contributed by atoms with E-state index in [9.17, 15) is 0 Å². The Morgan fingerprint density at radius 1 is 0.806 bits per heavy atom. The fourth-order valence-corrected chi connectivity index (χ4v) is 3.19. The Bertz CT molecular complexity index is 1030. The molecule has 0 amide bonds. The first kappa shape index (κ1) is 24.3. The minimum absolute atomic E-state index is 0. The third kappa shape index (κ3) is 6.52. The Balaban J connectivity index is 0.000000213. The van der Waals surface area contributed by atoms with Gasteiger partial charge in [0.1, 0.15) is 6.26 Å². The Morgan fingerprint density at radius 3 is 1.87 bits per heavy atom. The van der Waals surface area contributed by atoms with E-state index < -0.39 is 0 Å². The molecule has 0 atom stereocenters. The normalized spacial score (nSPS) is 13.2. The van der Waals surface area contributed by atoms with Gasteiger partial charge in [-0.05, 0) is 40.2 Å². The first-order valence-electron chi connectivity index (χ1n) is 10.5. The highest BCUT2D eigenvalue weighted by atomic mass is 16.3. The highest BCUT2D eigenvalue weighted by Crippen LogP contribution is 2.28. The summed E-state index contributed by atoms with van der Waals surface area (Å²) in [7, 11) is 0. The number of oxazole rings is 1. The lowest BCUT2D eigenvalue weighted by Crippen LogP contribution is -2.10. The van der Waals surface area contributed by atoms with Gasteiger partial charge >= 0.3 is 0 Å². The quantitative estimate of drug-likeness (QED) is 0.423. The van der Waals surface area contributed by atoms with Gasteiger partial charge in [-0.15, -0.1) is 0 Å². The first-order valence-corrected chi connectivity index (χ1v) is 10.5. The summed E-state index contributed by atoms with van der Waals surface area (Å²) in [6.07, 6.45) is 8.36. The van der Waals surface area contributed by atoms with E-state index in [4.69, 9.17) is 4.42 Å². The average molecular weight is 417 g/mol. The average Bonchev–Trinajstić information content (AvgIpc) is 3.42. The molecular formula is C28H36N2O. The fourth-order valence-electron chi connectivity index (χ4n) is 3.19. The van der Waals surface area contributed by atoms with Gasteiger partial charge in [0.05, 0.1) is 11.9 Å². The van der Waals surface area contributed by atoms with Crippen molar-refractivity contribution in [3.8, 4) is 11.5 Å². The van der Waals surface area contributed by atoms with Crippen LogP contribution in [0.1, 0.15) is 72.1 Å². The molecule has 3 heteroatoms. The Morgan fingerprint density at radius 2 is 1.39 bits per heavy atom. The molecule has 0 fully saturated rings. The highest BCUT2D eigenvalue weighted by molar-refractivity contribution is 5.81. The van der Waals surface area contributed by atoms with Crippen LogP contribution in [0.15, 0.2) is 76.5 Å². The minimum Gasteiger partial charge on any atom is -0.445 e. The van der Waals surface area contributed by atoms with Gasteiger partial charge in [-0.1, -0.05) is 85.4 Å². The molecule has 0 N–H and O–H groups in total. The van der Waals surface area contributed by atoms with E-state index in [1.54, 1.807) is 12.5 Å². The topological polar surface area (TPSA) is 38.4 Å². The summed E-state index contributed by atoms with van der Waals surface area (Å²) in [6.45, 7) is 13.3. The molecule has 2 aromatic carbocycles. The van der Waals surface area contributed by atoms with Gasteiger partial charge in [0.25, 0.3) is 0 Å². The van der Waals surface area contributed by atoms with Crippen LogP contribution in [-0.4, -0.2) is 11.2 Å². The van der Waals surface area contributed by atoms with Crippen LogP contribution in [-0.2, 0) is 10.8 Å². The number of hydrogen-bond donors (Lipinski definition) is 0. The Hall–Kier alpha value is -2.94. The monoisotopic (exact) mass is 416 g/mol. The summed E-state index contributed by atoms with van der Waals surface area (Å²) in [5.74, 6) is 0.682. The Labute approximate surface area is 188 Å². The van der Waals surface area contributed by atoms with Gasteiger partial charge in [-0.3, -0.25) is 4.99 Å². The van der Waals surface area contributed by atoms with Crippen LogP contribution in [0.3, 0.4) is 0 Å². The molecule has 0 spiro atoms. The van der Waals surface area contributed by atoms with Crippen molar-refractivity contribution in [2.24, 2.45) is 4.99 Å². The predicted octanol–water partition coefficient (Wildman–Crippen LogP) is 8.07. The molecule has 0 aliphatic carbocycles. The van der Waals surface area contributed by atoms with Gasteiger partial charge in [0, 0.05) is 23.8 Å². The third-order valence-corrected chi connectivity index (χ3v) is 5.08. The van der Waals surface area contributed by atoms with E-state index in [1.807, 2.05) is 18.3 Å². The number of rotatable bonds is 2. The van der Waals surface area contributed by atoms with Gasteiger partial charge in [0.15, 0.2) is 0 Å². The van der Waals surface area contributed by atoms with Gasteiger partial charge in [-0.25, -0.2) is 4.98 Å². The van der Waals surface area contributed by atoms with Crippen molar-refractivity contribution >= 4 is 11.9 Å². The van der Waals surface area contributed by atoms with E-state index in [-0.39, 0.29) is 18.3 Å². The van der Waals surface area contributed by atoms with Crippen LogP contribution >= 0.6 is 0 Å². The van der Waals surface area contributed by atoms with Crippen LogP contribution in [0.2, 0.25) is 0 Å². The maximum Gasteiger partial charge on any atom is 0.225 e. The van der Waals surface area contributed by atoms with Crippen molar-refractivity contribution < 1.29 is 4.42 Å². The fraction of sp³-hybridized carbons (Fsp3) is 0.357. The highest BCUT2D eigenvalue weighted by Gasteiger charge is 2.15. The maximum absolute atomic E-state index is 5.28. The summed E-state index contributed by atoms with van der Waals surface area (Å²) in [5.41, 5.74) is 6.40. The van der Waals surface area contributed by atoms with Gasteiger partial charge in [0.2, 0.25) is 5.89 Å². The number of nitrogens with zero attached hydrogens (tertiary/aromatic N) is 2. The number of aliphatic imine (C=N–C) groups is 1. The van der Waals surface area contributed by atoms with E-state index in [0.717, 1.165) is 17.7 Å². The van der Waals surface area contributed by atoms with Crippen LogP contribution in [0.4, 0.5) is 0 Å². The maximum atomic E-state index is 5.28. The molecule has 3 nitrogen and oxygen atoms in total. The number of allylic oxidation sites excluding steroid dienone is 1. The number of hydrogen-bond acceptors (Lipinski definition) is 3. The molecule has 1 aliphatic heterocycles. The van der Waals surface area contributed by atoms with Crippen molar-refractivity contribution in [2.45, 2.75) is 66.2 Å². The van der Waals surface area contributed by atoms with Crippen molar-refractivity contribution in [3.63, 3.8) is 0 Å². The molecule has 2 heterocycles. The van der Waals surface area contributed by atoms with Crippen molar-refractivity contribution in [2.75, 3.05) is 0 Å². The summed E-state index contributed by atoms with van der Waals surface area (Å²) in [5, 5.41) is 0. The van der Waals surface area contributed by atoms with Gasteiger partial charge < -0.3 is 4.42 Å². The molecule has 0 bridgehead atoms. The second-order valence-corrected chi connectivity index (χ2v) is 9.64. The molecule has 31 heavy (non-hydrogen) atoms. The molecule has 1 aromatic heterocycles. The summed E-state index contributed by atoms with van der Waals surface area (Å²) in [6, 6.07) is 17.0. The van der Waals surface area contributed by atoms with Crippen LogP contribution in [0.5, 0.6) is 0 Å². The smallest absolute Gasteiger partial charge is 0.225 e.